The van der Waals surface area contributed by atoms with Gasteiger partial charge in [-0.25, -0.2) is 4.98 Å². The number of carbonyl (C=O) groups excluding carboxylic acids is 1. The molecule has 2 aromatic rings. The number of aromatic nitrogens is 1. The van der Waals surface area contributed by atoms with Gasteiger partial charge in [0.05, 0.1) is 11.6 Å². The van der Waals surface area contributed by atoms with E-state index in [9.17, 15) is 4.79 Å². The average Bonchev–Trinajstić information content (AvgIpc) is 2.90. The molecule has 1 aromatic carbocycles. The first kappa shape index (κ1) is 15.4. The molecule has 21 heavy (non-hydrogen) atoms. The molecule has 0 saturated carbocycles. The van der Waals surface area contributed by atoms with Crippen molar-refractivity contribution >= 4 is 17.5 Å². The van der Waals surface area contributed by atoms with Gasteiger partial charge in [0.1, 0.15) is 11.5 Å². The number of halogens is 1. The highest BCUT2D eigenvalue weighted by atomic mass is 35.5. The molecule has 1 aromatic heterocycles. The Kier molecular flexibility index (Phi) is 5.22. The second-order valence-electron chi connectivity index (χ2n) is 4.62. The highest BCUT2D eigenvalue weighted by Gasteiger charge is 2.17. The lowest BCUT2D eigenvalue weighted by Crippen LogP contribution is -2.29. The lowest BCUT2D eigenvalue weighted by molar-refractivity contribution is 0.0781. The summed E-state index contributed by atoms with van der Waals surface area (Å²) in [6.45, 7) is 2.77. The zero-order valence-corrected chi connectivity index (χ0v) is 12.8. The second kappa shape index (κ2) is 7.13. The van der Waals surface area contributed by atoms with Crippen LogP contribution in [0, 0.1) is 6.92 Å². The predicted octanol–water partition coefficient (Wildman–Crippen LogP) is 3.18. The minimum atomic E-state index is -0.154. The molecule has 0 radical (unpaired) electrons. The molecule has 0 N–H and O–H groups in total. The van der Waals surface area contributed by atoms with Gasteiger partial charge in [0.25, 0.3) is 5.91 Å². The molecule has 112 valence electrons. The molecule has 1 amide bonds. The zero-order valence-electron chi connectivity index (χ0n) is 12.0. The number of rotatable bonds is 6. The quantitative estimate of drug-likeness (QED) is 0.769. The molecule has 0 spiro atoms. The molecule has 0 bridgehead atoms. The fourth-order valence-electron chi connectivity index (χ4n) is 1.84. The van der Waals surface area contributed by atoms with E-state index in [1.807, 2.05) is 18.2 Å². The third kappa shape index (κ3) is 3.98. The summed E-state index contributed by atoms with van der Waals surface area (Å²) in [4.78, 5) is 17.6. The molecular formula is C15H17ClN2O3. The number of oxazole rings is 1. The number of hydrogen-bond donors (Lipinski definition) is 0. The fraction of sp³-hybridized carbons (Fsp3) is 0.333. The van der Waals surface area contributed by atoms with Crippen LogP contribution in [0.4, 0.5) is 0 Å². The van der Waals surface area contributed by atoms with Crippen LogP contribution in [0.15, 0.2) is 35.1 Å². The highest BCUT2D eigenvalue weighted by molar-refractivity contribution is 6.32. The van der Waals surface area contributed by atoms with Gasteiger partial charge in [0, 0.05) is 13.6 Å². The first-order valence-corrected chi connectivity index (χ1v) is 7.00. The number of aryl methyl sites for hydroxylation is 1. The van der Waals surface area contributed by atoms with E-state index in [1.54, 1.807) is 24.9 Å². The summed E-state index contributed by atoms with van der Waals surface area (Å²) in [6.07, 6.45) is 1.97. The van der Waals surface area contributed by atoms with Crippen molar-refractivity contribution in [3.8, 4) is 5.75 Å². The van der Waals surface area contributed by atoms with E-state index in [2.05, 4.69) is 4.98 Å². The number of ether oxygens (including phenoxy) is 1. The number of hydrogen-bond acceptors (Lipinski definition) is 4. The third-order valence-corrected chi connectivity index (χ3v) is 3.34. The number of nitrogens with zero attached hydrogens (tertiary/aromatic N) is 2. The topological polar surface area (TPSA) is 55.6 Å². The van der Waals surface area contributed by atoms with Crippen LogP contribution in [0.5, 0.6) is 5.75 Å². The summed E-state index contributed by atoms with van der Waals surface area (Å²) in [6, 6.07) is 7.31. The monoisotopic (exact) mass is 308 g/mol. The van der Waals surface area contributed by atoms with E-state index in [1.165, 1.54) is 6.39 Å². The first-order chi connectivity index (χ1) is 10.1. The molecule has 0 aliphatic rings. The summed E-state index contributed by atoms with van der Waals surface area (Å²) in [5, 5.41) is 0.583. The van der Waals surface area contributed by atoms with Gasteiger partial charge in [0.2, 0.25) is 0 Å². The maximum absolute atomic E-state index is 12.1. The molecule has 0 atom stereocenters. The normalized spacial score (nSPS) is 10.4. The summed E-state index contributed by atoms with van der Waals surface area (Å²) in [7, 11) is 1.73. The SMILES string of the molecule is Cc1ocnc1C(=O)N(C)CCCOc1ccccc1Cl. The van der Waals surface area contributed by atoms with E-state index in [0.717, 1.165) is 0 Å². The van der Waals surface area contributed by atoms with Gasteiger partial charge in [-0.2, -0.15) is 0 Å². The molecule has 6 heteroatoms. The van der Waals surface area contributed by atoms with Gasteiger partial charge in [-0.3, -0.25) is 4.79 Å². The van der Waals surface area contributed by atoms with Crippen molar-refractivity contribution in [2.75, 3.05) is 20.2 Å². The highest BCUT2D eigenvalue weighted by Crippen LogP contribution is 2.23. The fourth-order valence-corrected chi connectivity index (χ4v) is 2.03. The van der Waals surface area contributed by atoms with Crippen molar-refractivity contribution in [2.24, 2.45) is 0 Å². The van der Waals surface area contributed by atoms with Gasteiger partial charge in [-0.1, -0.05) is 23.7 Å². The van der Waals surface area contributed by atoms with Crippen LogP contribution in [0.25, 0.3) is 0 Å². The van der Waals surface area contributed by atoms with Crippen molar-refractivity contribution in [1.29, 1.82) is 0 Å². The third-order valence-electron chi connectivity index (χ3n) is 3.03. The van der Waals surface area contributed by atoms with E-state index in [4.69, 9.17) is 20.8 Å². The largest absolute Gasteiger partial charge is 0.492 e. The summed E-state index contributed by atoms with van der Waals surface area (Å²) < 4.78 is 10.6. The maximum Gasteiger partial charge on any atom is 0.275 e. The first-order valence-electron chi connectivity index (χ1n) is 6.62. The van der Waals surface area contributed by atoms with Crippen molar-refractivity contribution in [1.82, 2.24) is 9.88 Å². The Morgan fingerprint density at radius 2 is 2.19 bits per heavy atom. The van der Waals surface area contributed by atoms with Crippen LogP contribution < -0.4 is 4.74 Å². The van der Waals surface area contributed by atoms with Crippen LogP contribution in [0.1, 0.15) is 22.7 Å². The molecule has 5 nitrogen and oxygen atoms in total. The Morgan fingerprint density at radius 1 is 1.43 bits per heavy atom. The number of amides is 1. The van der Waals surface area contributed by atoms with E-state index >= 15 is 0 Å². The molecule has 0 saturated heterocycles. The van der Waals surface area contributed by atoms with Gasteiger partial charge in [-0.15, -0.1) is 0 Å². The summed E-state index contributed by atoms with van der Waals surface area (Å²) >= 11 is 5.99. The second-order valence-corrected chi connectivity index (χ2v) is 5.02. The van der Waals surface area contributed by atoms with Crippen LogP contribution >= 0.6 is 11.6 Å². The zero-order chi connectivity index (χ0) is 15.2. The average molecular weight is 309 g/mol. The summed E-state index contributed by atoms with van der Waals surface area (Å²) in [5.41, 5.74) is 0.351. The smallest absolute Gasteiger partial charge is 0.275 e. The van der Waals surface area contributed by atoms with Crippen LogP contribution in [-0.2, 0) is 0 Å². The lowest BCUT2D eigenvalue weighted by Gasteiger charge is -2.16. The van der Waals surface area contributed by atoms with Crippen molar-refractivity contribution in [3.63, 3.8) is 0 Å². The minimum Gasteiger partial charge on any atom is -0.492 e. The summed E-state index contributed by atoms with van der Waals surface area (Å²) in [5.74, 6) is 1.03. The minimum absolute atomic E-state index is 0.154. The van der Waals surface area contributed by atoms with Crippen molar-refractivity contribution in [2.45, 2.75) is 13.3 Å². The standard InChI is InChI=1S/C15H17ClN2O3/c1-11-14(17-10-21-11)15(19)18(2)8-5-9-20-13-7-4-3-6-12(13)16/h3-4,6-7,10H,5,8-9H2,1-2H3. The molecule has 0 unspecified atom stereocenters. The molecule has 2 rings (SSSR count). The molecular weight excluding hydrogens is 292 g/mol. The Morgan fingerprint density at radius 3 is 2.86 bits per heavy atom. The van der Waals surface area contributed by atoms with Crippen molar-refractivity contribution in [3.05, 3.63) is 47.1 Å². The Balaban J connectivity index is 1.77. The van der Waals surface area contributed by atoms with Crippen molar-refractivity contribution < 1.29 is 13.9 Å². The van der Waals surface area contributed by atoms with Crippen LogP contribution in [-0.4, -0.2) is 36.0 Å². The van der Waals surface area contributed by atoms with Gasteiger partial charge in [-0.05, 0) is 25.5 Å². The van der Waals surface area contributed by atoms with Crippen LogP contribution in [0.2, 0.25) is 5.02 Å². The van der Waals surface area contributed by atoms with Crippen LogP contribution in [0.3, 0.4) is 0 Å². The molecule has 0 aliphatic carbocycles. The number of para-hydroxylation sites is 1. The predicted molar refractivity (Wildman–Crippen MR) is 79.8 cm³/mol. The Bertz CT molecular complexity index is 612. The number of benzene rings is 1. The van der Waals surface area contributed by atoms with Gasteiger partial charge < -0.3 is 14.1 Å². The molecule has 0 aliphatic heterocycles. The van der Waals surface area contributed by atoms with Gasteiger partial charge >= 0.3 is 0 Å². The Hall–Kier alpha value is -2.01. The number of carbonyl (C=O) groups is 1. The van der Waals surface area contributed by atoms with E-state index in [0.29, 0.717) is 41.8 Å². The molecule has 1 heterocycles. The lowest BCUT2D eigenvalue weighted by atomic mass is 10.3. The molecule has 0 fully saturated rings. The Labute approximate surface area is 128 Å². The maximum atomic E-state index is 12.1. The van der Waals surface area contributed by atoms with Gasteiger partial charge in [0.15, 0.2) is 12.1 Å². The van der Waals surface area contributed by atoms with E-state index in [-0.39, 0.29) is 5.91 Å². The van der Waals surface area contributed by atoms with E-state index < -0.39 is 0 Å².